The maximum absolute atomic E-state index is 12.0. The van der Waals surface area contributed by atoms with Crippen molar-refractivity contribution in [2.75, 3.05) is 13.2 Å². The Balaban J connectivity index is 1.40. The first-order valence-corrected chi connectivity index (χ1v) is 8.91. The monoisotopic (exact) mass is 333 g/mol. The Kier molecular flexibility index (Phi) is 5.68. The minimum atomic E-state index is -0.398. The van der Waals surface area contributed by atoms with Crippen LogP contribution in [-0.4, -0.2) is 36.1 Å². The molecule has 1 atom stereocenters. The van der Waals surface area contributed by atoms with Gasteiger partial charge in [0.15, 0.2) is 5.79 Å². The van der Waals surface area contributed by atoms with Crippen LogP contribution in [0.4, 0.5) is 4.79 Å². The van der Waals surface area contributed by atoms with Crippen LogP contribution in [0.2, 0.25) is 0 Å². The standard InChI is InChI=1S/C18H27N3O3/c1-14-7-6-10-19-16(14)12-21-17(22)20-11-15-13-23-18(24-15)8-4-2-3-5-9-18/h6-7,10,15H,2-5,8-9,11-13H2,1H3,(H2,20,21,22). The van der Waals surface area contributed by atoms with Crippen LogP contribution in [0.25, 0.3) is 0 Å². The van der Waals surface area contributed by atoms with Gasteiger partial charge in [0.2, 0.25) is 0 Å². The van der Waals surface area contributed by atoms with Gasteiger partial charge in [-0.2, -0.15) is 0 Å². The third-order valence-electron chi connectivity index (χ3n) is 4.80. The molecule has 2 aliphatic rings. The maximum atomic E-state index is 12.0. The molecule has 3 rings (SSSR count). The summed E-state index contributed by atoms with van der Waals surface area (Å²) >= 11 is 0. The summed E-state index contributed by atoms with van der Waals surface area (Å²) in [5, 5.41) is 5.70. The first kappa shape index (κ1) is 17.2. The molecule has 0 bridgehead atoms. The lowest BCUT2D eigenvalue weighted by molar-refractivity contribution is -0.175. The molecule has 1 unspecified atom stereocenters. The number of carbonyl (C=O) groups is 1. The summed E-state index contributed by atoms with van der Waals surface area (Å²) in [6.07, 6.45) is 8.43. The van der Waals surface area contributed by atoms with Crippen LogP contribution in [0.5, 0.6) is 0 Å². The second-order valence-electron chi connectivity index (χ2n) is 6.71. The van der Waals surface area contributed by atoms with Crippen LogP contribution in [0, 0.1) is 6.92 Å². The fourth-order valence-corrected chi connectivity index (χ4v) is 3.38. The molecule has 1 aromatic heterocycles. The van der Waals surface area contributed by atoms with Gasteiger partial charge < -0.3 is 20.1 Å². The SMILES string of the molecule is Cc1cccnc1CNC(=O)NCC1COC2(CCCCCC2)O1. The number of nitrogens with one attached hydrogen (secondary N) is 2. The van der Waals surface area contributed by atoms with Crippen molar-refractivity contribution in [1.82, 2.24) is 15.6 Å². The third-order valence-corrected chi connectivity index (χ3v) is 4.80. The van der Waals surface area contributed by atoms with Gasteiger partial charge >= 0.3 is 6.03 Å². The molecule has 1 spiro atoms. The average Bonchev–Trinajstić information content (AvgIpc) is 2.84. The molecule has 1 saturated carbocycles. The van der Waals surface area contributed by atoms with E-state index in [1.807, 2.05) is 19.1 Å². The van der Waals surface area contributed by atoms with Crippen molar-refractivity contribution in [2.24, 2.45) is 0 Å². The molecule has 132 valence electrons. The van der Waals surface area contributed by atoms with Crippen molar-refractivity contribution in [1.29, 1.82) is 0 Å². The second kappa shape index (κ2) is 7.94. The summed E-state index contributed by atoms with van der Waals surface area (Å²) < 4.78 is 12.1. The molecule has 1 aromatic rings. The quantitative estimate of drug-likeness (QED) is 0.888. The van der Waals surface area contributed by atoms with Gasteiger partial charge in [0, 0.05) is 25.6 Å². The predicted molar refractivity (Wildman–Crippen MR) is 90.5 cm³/mol. The van der Waals surface area contributed by atoms with Crippen molar-refractivity contribution >= 4 is 6.03 Å². The number of hydrogen-bond acceptors (Lipinski definition) is 4. The summed E-state index contributed by atoms with van der Waals surface area (Å²) in [4.78, 5) is 16.2. The predicted octanol–water partition coefficient (Wildman–Crippen LogP) is 2.66. The molecule has 1 aliphatic carbocycles. The Bertz CT molecular complexity index is 556. The summed E-state index contributed by atoms with van der Waals surface area (Å²) in [5.74, 6) is -0.398. The molecule has 6 nitrogen and oxygen atoms in total. The Morgan fingerprint density at radius 2 is 2.08 bits per heavy atom. The van der Waals surface area contributed by atoms with E-state index in [4.69, 9.17) is 9.47 Å². The van der Waals surface area contributed by atoms with Crippen molar-refractivity contribution in [3.8, 4) is 0 Å². The Labute approximate surface area is 143 Å². The van der Waals surface area contributed by atoms with E-state index in [-0.39, 0.29) is 12.1 Å². The number of rotatable bonds is 4. The molecule has 2 amide bonds. The van der Waals surface area contributed by atoms with Crippen LogP contribution in [0.3, 0.4) is 0 Å². The van der Waals surface area contributed by atoms with E-state index in [9.17, 15) is 4.79 Å². The fraction of sp³-hybridized carbons (Fsp3) is 0.667. The number of amides is 2. The molecule has 1 aliphatic heterocycles. The highest BCUT2D eigenvalue weighted by molar-refractivity contribution is 5.73. The summed E-state index contributed by atoms with van der Waals surface area (Å²) in [6.45, 7) is 3.43. The summed E-state index contributed by atoms with van der Waals surface area (Å²) in [5.41, 5.74) is 1.95. The van der Waals surface area contributed by atoms with Crippen molar-refractivity contribution in [3.63, 3.8) is 0 Å². The third kappa shape index (κ3) is 4.45. The number of aryl methyl sites for hydroxylation is 1. The largest absolute Gasteiger partial charge is 0.347 e. The lowest BCUT2D eigenvalue weighted by Gasteiger charge is -2.26. The zero-order valence-corrected chi connectivity index (χ0v) is 14.3. The second-order valence-corrected chi connectivity index (χ2v) is 6.71. The molecule has 2 heterocycles. The molecule has 0 aromatic carbocycles. The zero-order valence-electron chi connectivity index (χ0n) is 14.3. The minimum absolute atomic E-state index is 0.0644. The number of nitrogens with zero attached hydrogens (tertiary/aromatic N) is 1. The molecular formula is C18H27N3O3. The van der Waals surface area contributed by atoms with Gasteiger partial charge in [0.1, 0.15) is 6.10 Å². The van der Waals surface area contributed by atoms with Crippen LogP contribution < -0.4 is 10.6 Å². The normalized spacial score (nSPS) is 23.0. The van der Waals surface area contributed by atoms with E-state index in [1.165, 1.54) is 12.8 Å². The van der Waals surface area contributed by atoms with E-state index in [1.54, 1.807) is 6.20 Å². The lowest BCUT2D eigenvalue weighted by atomic mass is 10.1. The Hall–Kier alpha value is -1.66. The Morgan fingerprint density at radius 3 is 2.83 bits per heavy atom. The molecule has 2 N–H and O–H groups in total. The van der Waals surface area contributed by atoms with Gasteiger partial charge in [-0.1, -0.05) is 18.9 Å². The van der Waals surface area contributed by atoms with E-state index in [0.29, 0.717) is 19.7 Å². The number of carbonyl (C=O) groups excluding carboxylic acids is 1. The molecule has 2 fully saturated rings. The highest BCUT2D eigenvalue weighted by Gasteiger charge is 2.41. The summed E-state index contributed by atoms with van der Waals surface area (Å²) in [6, 6.07) is 3.67. The fourth-order valence-electron chi connectivity index (χ4n) is 3.38. The lowest BCUT2D eigenvalue weighted by Crippen LogP contribution is -2.41. The van der Waals surface area contributed by atoms with Crippen molar-refractivity contribution in [2.45, 2.75) is 63.9 Å². The minimum Gasteiger partial charge on any atom is -0.347 e. The Morgan fingerprint density at radius 1 is 1.29 bits per heavy atom. The molecular weight excluding hydrogens is 306 g/mol. The number of ether oxygens (including phenoxy) is 2. The molecule has 1 saturated heterocycles. The molecule has 24 heavy (non-hydrogen) atoms. The first-order valence-electron chi connectivity index (χ1n) is 8.91. The number of urea groups is 1. The van der Waals surface area contributed by atoms with Gasteiger partial charge in [-0.25, -0.2) is 4.79 Å². The van der Waals surface area contributed by atoms with Crippen LogP contribution >= 0.6 is 0 Å². The van der Waals surface area contributed by atoms with E-state index >= 15 is 0 Å². The van der Waals surface area contributed by atoms with E-state index < -0.39 is 5.79 Å². The maximum Gasteiger partial charge on any atom is 0.315 e. The highest BCUT2D eigenvalue weighted by Crippen LogP contribution is 2.36. The topological polar surface area (TPSA) is 72.5 Å². The van der Waals surface area contributed by atoms with Gasteiger partial charge in [-0.15, -0.1) is 0 Å². The van der Waals surface area contributed by atoms with Crippen molar-refractivity contribution in [3.05, 3.63) is 29.6 Å². The van der Waals surface area contributed by atoms with Crippen LogP contribution in [-0.2, 0) is 16.0 Å². The highest BCUT2D eigenvalue weighted by atomic mass is 16.7. The van der Waals surface area contributed by atoms with E-state index in [0.717, 1.165) is 36.9 Å². The van der Waals surface area contributed by atoms with E-state index in [2.05, 4.69) is 15.6 Å². The van der Waals surface area contributed by atoms with Gasteiger partial charge in [-0.3, -0.25) is 4.98 Å². The first-order chi connectivity index (χ1) is 11.7. The molecule has 0 radical (unpaired) electrons. The number of hydrogen-bond donors (Lipinski definition) is 2. The van der Waals surface area contributed by atoms with Crippen LogP contribution in [0.15, 0.2) is 18.3 Å². The molecule has 6 heteroatoms. The van der Waals surface area contributed by atoms with Gasteiger partial charge in [0.05, 0.1) is 18.8 Å². The zero-order chi connectivity index (χ0) is 16.8. The van der Waals surface area contributed by atoms with Gasteiger partial charge in [-0.05, 0) is 31.4 Å². The number of pyridine rings is 1. The van der Waals surface area contributed by atoms with Gasteiger partial charge in [0.25, 0.3) is 0 Å². The smallest absolute Gasteiger partial charge is 0.315 e. The van der Waals surface area contributed by atoms with Crippen LogP contribution in [0.1, 0.15) is 49.8 Å². The number of aromatic nitrogens is 1. The van der Waals surface area contributed by atoms with Crippen molar-refractivity contribution < 1.29 is 14.3 Å². The average molecular weight is 333 g/mol. The summed E-state index contributed by atoms with van der Waals surface area (Å²) in [7, 11) is 0.